The normalized spacial score (nSPS) is 10.9. The lowest BCUT2D eigenvalue weighted by molar-refractivity contribution is 0.321. The highest BCUT2D eigenvalue weighted by Crippen LogP contribution is 2.19. The molecule has 0 saturated carbocycles. The van der Waals surface area contributed by atoms with Gasteiger partial charge in [0.2, 0.25) is 0 Å². The summed E-state index contributed by atoms with van der Waals surface area (Å²) in [5.74, 6) is 1.000. The molecule has 17 heavy (non-hydrogen) atoms. The van der Waals surface area contributed by atoms with Crippen LogP contribution in [0.2, 0.25) is 0 Å². The Kier molecular flexibility index (Phi) is 6.01. The lowest BCUT2D eigenvalue weighted by atomic mass is 10.1. The predicted molar refractivity (Wildman–Crippen MR) is 72.6 cm³/mol. The van der Waals surface area contributed by atoms with E-state index in [4.69, 9.17) is 4.74 Å². The maximum Gasteiger partial charge on any atom is 0.122 e. The molecule has 1 aromatic carbocycles. The summed E-state index contributed by atoms with van der Waals surface area (Å²) in [7, 11) is 4.09. The molecule has 1 rings (SSSR count). The molecule has 0 aliphatic rings. The maximum atomic E-state index is 5.54. The summed E-state index contributed by atoms with van der Waals surface area (Å²) < 4.78 is 5.54. The molecule has 0 unspecified atom stereocenters. The Hall–Kier alpha value is -1.06. The molecular formula is C14H24N2O. The van der Waals surface area contributed by atoms with Crippen molar-refractivity contribution >= 4 is 0 Å². The van der Waals surface area contributed by atoms with Gasteiger partial charge in [0.05, 0.1) is 6.61 Å². The first kappa shape index (κ1) is 14.0. The van der Waals surface area contributed by atoms with Crippen LogP contribution >= 0.6 is 0 Å². The van der Waals surface area contributed by atoms with E-state index in [0.717, 1.165) is 32.0 Å². The first-order valence-corrected chi connectivity index (χ1v) is 6.22. The third-order valence-electron chi connectivity index (χ3n) is 2.75. The third-order valence-corrected chi connectivity index (χ3v) is 2.75. The van der Waals surface area contributed by atoms with Gasteiger partial charge in [-0.05, 0) is 51.6 Å². The van der Waals surface area contributed by atoms with Crippen molar-refractivity contribution in [3.8, 4) is 5.75 Å². The van der Waals surface area contributed by atoms with E-state index >= 15 is 0 Å². The molecule has 0 aromatic heterocycles. The van der Waals surface area contributed by atoms with E-state index < -0.39 is 0 Å². The monoisotopic (exact) mass is 236 g/mol. The second-order valence-corrected chi connectivity index (χ2v) is 4.37. The van der Waals surface area contributed by atoms with E-state index in [-0.39, 0.29) is 0 Å². The predicted octanol–water partition coefficient (Wildman–Crippen LogP) is 2.04. The van der Waals surface area contributed by atoms with Gasteiger partial charge in [-0.3, -0.25) is 4.90 Å². The Morgan fingerprint density at radius 2 is 2.12 bits per heavy atom. The van der Waals surface area contributed by atoms with Gasteiger partial charge in [-0.2, -0.15) is 0 Å². The molecular weight excluding hydrogens is 212 g/mol. The summed E-state index contributed by atoms with van der Waals surface area (Å²) in [6.45, 7) is 6.83. The molecule has 0 bridgehead atoms. The molecule has 0 atom stereocenters. The van der Waals surface area contributed by atoms with E-state index in [1.165, 1.54) is 11.1 Å². The standard InChI is InChI=1S/C14H24N2O/c1-5-17-14-7-6-13(10-12(14)2)8-9-16(4)11-15-3/h6-7,10,15H,5,8-9,11H2,1-4H3. The maximum absolute atomic E-state index is 5.54. The molecule has 1 aromatic rings. The molecule has 0 aliphatic carbocycles. The van der Waals surface area contributed by atoms with Gasteiger partial charge in [0.25, 0.3) is 0 Å². The molecule has 0 heterocycles. The Balaban J connectivity index is 2.52. The Bertz CT molecular complexity index is 339. The Labute approximate surface area is 105 Å². The molecule has 96 valence electrons. The highest BCUT2D eigenvalue weighted by Gasteiger charge is 2.02. The van der Waals surface area contributed by atoms with Gasteiger partial charge >= 0.3 is 0 Å². The van der Waals surface area contributed by atoms with Gasteiger partial charge < -0.3 is 10.1 Å². The lowest BCUT2D eigenvalue weighted by Gasteiger charge is -2.16. The van der Waals surface area contributed by atoms with Crippen LogP contribution in [0.25, 0.3) is 0 Å². The Morgan fingerprint density at radius 1 is 1.35 bits per heavy atom. The van der Waals surface area contributed by atoms with Crippen molar-refractivity contribution < 1.29 is 4.74 Å². The van der Waals surface area contributed by atoms with Crippen molar-refractivity contribution in [1.29, 1.82) is 0 Å². The number of nitrogens with zero attached hydrogens (tertiary/aromatic N) is 1. The quantitative estimate of drug-likeness (QED) is 0.733. The van der Waals surface area contributed by atoms with Gasteiger partial charge in [0, 0.05) is 13.2 Å². The number of benzene rings is 1. The Morgan fingerprint density at radius 3 is 2.71 bits per heavy atom. The van der Waals surface area contributed by atoms with Crippen molar-refractivity contribution in [3.05, 3.63) is 29.3 Å². The molecule has 3 nitrogen and oxygen atoms in total. The number of hydrogen-bond acceptors (Lipinski definition) is 3. The molecule has 0 spiro atoms. The zero-order valence-corrected chi connectivity index (χ0v) is 11.4. The van der Waals surface area contributed by atoms with Crippen molar-refractivity contribution in [2.45, 2.75) is 20.3 Å². The fourth-order valence-corrected chi connectivity index (χ4v) is 1.85. The minimum atomic E-state index is 0.727. The van der Waals surface area contributed by atoms with E-state index in [2.05, 4.69) is 42.4 Å². The van der Waals surface area contributed by atoms with Gasteiger partial charge in [-0.25, -0.2) is 0 Å². The summed E-state index contributed by atoms with van der Waals surface area (Å²) in [5, 5.41) is 3.15. The number of aryl methyl sites for hydroxylation is 1. The molecule has 0 radical (unpaired) electrons. The van der Waals surface area contributed by atoms with E-state index in [0.29, 0.717) is 0 Å². The lowest BCUT2D eigenvalue weighted by Crippen LogP contribution is -2.30. The van der Waals surface area contributed by atoms with Crippen molar-refractivity contribution in [2.75, 3.05) is 33.9 Å². The molecule has 0 saturated heterocycles. The zero-order chi connectivity index (χ0) is 12.7. The van der Waals surface area contributed by atoms with Crippen LogP contribution in [0, 0.1) is 6.92 Å². The number of hydrogen-bond donors (Lipinski definition) is 1. The van der Waals surface area contributed by atoms with Gasteiger partial charge in [0.1, 0.15) is 5.75 Å². The topological polar surface area (TPSA) is 24.5 Å². The van der Waals surface area contributed by atoms with E-state index in [1.807, 2.05) is 14.0 Å². The first-order chi connectivity index (χ1) is 8.17. The van der Waals surface area contributed by atoms with Crippen molar-refractivity contribution in [2.24, 2.45) is 0 Å². The van der Waals surface area contributed by atoms with Gasteiger partial charge in [-0.15, -0.1) is 0 Å². The summed E-state index contributed by atoms with van der Waals surface area (Å²) in [5.41, 5.74) is 2.59. The van der Waals surface area contributed by atoms with Crippen LogP contribution in [-0.4, -0.2) is 38.8 Å². The first-order valence-electron chi connectivity index (χ1n) is 6.22. The van der Waals surface area contributed by atoms with Crippen LogP contribution in [0.15, 0.2) is 18.2 Å². The largest absolute Gasteiger partial charge is 0.494 e. The van der Waals surface area contributed by atoms with Gasteiger partial charge in [0.15, 0.2) is 0 Å². The SMILES string of the molecule is CCOc1ccc(CCN(C)CNC)cc1C. The van der Waals surface area contributed by atoms with Crippen LogP contribution in [0.3, 0.4) is 0 Å². The van der Waals surface area contributed by atoms with E-state index in [1.54, 1.807) is 0 Å². The van der Waals surface area contributed by atoms with Crippen LogP contribution < -0.4 is 10.1 Å². The van der Waals surface area contributed by atoms with Gasteiger partial charge in [-0.1, -0.05) is 12.1 Å². The van der Waals surface area contributed by atoms with Crippen LogP contribution in [0.5, 0.6) is 5.75 Å². The zero-order valence-electron chi connectivity index (χ0n) is 11.4. The third kappa shape index (κ3) is 4.75. The molecule has 0 aliphatic heterocycles. The summed E-state index contributed by atoms with van der Waals surface area (Å²) in [6, 6.07) is 6.45. The van der Waals surface area contributed by atoms with Crippen molar-refractivity contribution in [1.82, 2.24) is 10.2 Å². The summed E-state index contributed by atoms with van der Waals surface area (Å²) >= 11 is 0. The highest BCUT2D eigenvalue weighted by molar-refractivity contribution is 5.36. The minimum Gasteiger partial charge on any atom is -0.494 e. The minimum absolute atomic E-state index is 0.727. The summed E-state index contributed by atoms with van der Waals surface area (Å²) in [6.07, 6.45) is 1.07. The average molecular weight is 236 g/mol. The average Bonchev–Trinajstić information content (AvgIpc) is 2.30. The molecule has 0 amide bonds. The smallest absolute Gasteiger partial charge is 0.122 e. The molecule has 0 fully saturated rings. The molecule has 1 N–H and O–H groups in total. The van der Waals surface area contributed by atoms with E-state index in [9.17, 15) is 0 Å². The van der Waals surface area contributed by atoms with Crippen molar-refractivity contribution in [3.63, 3.8) is 0 Å². The second-order valence-electron chi connectivity index (χ2n) is 4.37. The number of ether oxygens (including phenoxy) is 1. The summed E-state index contributed by atoms with van der Waals surface area (Å²) in [4.78, 5) is 2.27. The van der Waals surface area contributed by atoms with Crippen LogP contribution in [0.1, 0.15) is 18.1 Å². The molecule has 3 heteroatoms. The van der Waals surface area contributed by atoms with Crippen LogP contribution in [-0.2, 0) is 6.42 Å². The number of likely N-dealkylation sites (N-methyl/N-ethyl adjacent to an activating group) is 1. The second kappa shape index (κ2) is 7.30. The number of nitrogens with one attached hydrogen (secondary N) is 1. The van der Waals surface area contributed by atoms with Crippen LogP contribution in [0.4, 0.5) is 0 Å². The number of rotatable bonds is 7. The highest BCUT2D eigenvalue weighted by atomic mass is 16.5. The fourth-order valence-electron chi connectivity index (χ4n) is 1.85. The fraction of sp³-hybridized carbons (Fsp3) is 0.571.